The minimum Gasteiger partial charge on any atom is -0.293 e. The maximum Gasteiger partial charge on any atom is 0.266 e. The Labute approximate surface area is 266 Å². The summed E-state index contributed by atoms with van der Waals surface area (Å²) in [6, 6.07) is 16.7. The summed E-state index contributed by atoms with van der Waals surface area (Å²) in [4.78, 5) is 15.9. The number of nitrogens with zero attached hydrogens (tertiary/aromatic N) is 4. The van der Waals surface area contributed by atoms with Crippen molar-refractivity contribution >= 4 is 50.3 Å². The van der Waals surface area contributed by atoms with Gasteiger partial charge in [-0.3, -0.25) is 9.69 Å². The second-order valence-electron chi connectivity index (χ2n) is 10.7. The summed E-state index contributed by atoms with van der Waals surface area (Å²) in [6.07, 6.45) is 12.0. The minimum absolute atomic E-state index is 0.0897. The normalized spacial score (nSPS) is 14.9. The van der Waals surface area contributed by atoms with Crippen LogP contribution in [0, 0.1) is 0 Å². The number of para-hydroxylation sites is 1. The highest BCUT2D eigenvalue weighted by Crippen LogP contribution is 2.35. The number of carbonyl (C=O) groups excluding carboxylic acids is 1. The number of unbranched alkanes of at least 4 members (excludes halogenated alkanes) is 5. The van der Waals surface area contributed by atoms with Gasteiger partial charge in [-0.25, -0.2) is 13.1 Å². The van der Waals surface area contributed by atoms with Crippen molar-refractivity contribution in [3.8, 4) is 16.9 Å². The first-order valence-corrected chi connectivity index (χ1v) is 18.0. The Morgan fingerprint density at radius 3 is 2.30 bits per heavy atom. The molecule has 1 saturated heterocycles. The Balaban J connectivity index is 1.67. The van der Waals surface area contributed by atoms with Gasteiger partial charge in [0.25, 0.3) is 5.91 Å². The molecular weight excluding hydrogens is 597 g/mol. The first-order chi connectivity index (χ1) is 20.8. The zero-order chi connectivity index (χ0) is 30.8. The maximum absolute atomic E-state index is 13.6. The Kier molecular flexibility index (Phi) is 12.2. The van der Waals surface area contributed by atoms with Gasteiger partial charge in [0.05, 0.1) is 15.5 Å². The molecule has 0 radical (unpaired) electrons. The molecule has 0 unspecified atom stereocenters. The highest BCUT2D eigenvalue weighted by Gasteiger charge is 2.32. The summed E-state index contributed by atoms with van der Waals surface area (Å²) in [5.74, 6) is -0.0897. The standard InChI is InChI=1S/C33H42N4O3S3/c1-4-7-8-9-10-14-22-36-32(38)30(42-33(36)41)24-27-25-37(28-17-12-11-13-18-28)34-31(27)26-16-15-19-29(23-26)43(39,40)35(20-5-2)21-6-3/h11-13,15-19,23-25H,4-10,14,20-22H2,1-3H3/b30-24-. The molecule has 1 aliphatic rings. The van der Waals surface area contributed by atoms with Crippen LogP contribution in [0.4, 0.5) is 0 Å². The molecule has 1 aliphatic heterocycles. The van der Waals surface area contributed by atoms with E-state index in [9.17, 15) is 13.2 Å². The van der Waals surface area contributed by atoms with E-state index in [1.807, 2.05) is 62.5 Å². The van der Waals surface area contributed by atoms with E-state index in [1.54, 1.807) is 32.1 Å². The van der Waals surface area contributed by atoms with Crippen molar-refractivity contribution in [2.75, 3.05) is 19.6 Å². The number of benzene rings is 2. The number of hydrogen-bond acceptors (Lipinski definition) is 6. The zero-order valence-electron chi connectivity index (χ0n) is 25.4. The van der Waals surface area contributed by atoms with Crippen LogP contribution in [-0.2, 0) is 14.8 Å². The lowest BCUT2D eigenvalue weighted by atomic mass is 10.1. The lowest BCUT2D eigenvalue weighted by Crippen LogP contribution is -2.32. The summed E-state index contributed by atoms with van der Waals surface area (Å²) in [5.41, 5.74) is 2.84. The molecule has 230 valence electrons. The van der Waals surface area contributed by atoms with Gasteiger partial charge >= 0.3 is 0 Å². The SMILES string of the molecule is CCCCCCCCN1C(=O)/C(=C/c2cn(-c3ccccc3)nc2-c2cccc(S(=O)(=O)N(CCC)CCC)c2)SC1=S. The molecule has 7 nitrogen and oxygen atoms in total. The molecule has 2 aromatic carbocycles. The molecule has 0 saturated carbocycles. The fourth-order valence-electron chi connectivity index (χ4n) is 5.12. The summed E-state index contributed by atoms with van der Waals surface area (Å²) in [5, 5.41) is 4.88. The van der Waals surface area contributed by atoms with Crippen LogP contribution < -0.4 is 0 Å². The van der Waals surface area contributed by atoms with Crippen molar-refractivity contribution in [3.63, 3.8) is 0 Å². The fraction of sp³-hybridized carbons (Fsp3) is 0.424. The van der Waals surface area contributed by atoms with E-state index in [0.717, 1.165) is 36.9 Å². The van der Waals surface area contributed by atoms with Crippen molar-refractivity contribution < 1.29 is 13.2 Å². The molecule has 1 fully saturated rings. The summed E-state index contributed by atoms with van der Waals surface area (Å²) in [7, 11) is -3.68. The summed E-state index contributed by atoms with van der Waals surface area (Å²) < 4.78 is 31.0. The van der Waals surface area contributed by atoms with Gasteiger partial charge in [-0.1, -0.05) is 107 Å². The predicted molar refractivity (Wildman–Crippen MR) is 182 cm³/mol. The molecule has 10 heteroatoms. The van der Waals surface area contributed by atoms with Gasteiger partial charge in [-0.2, -0.15) is 9.40 Å². The average Bonchev–Trinajstić information content (AvgIpc) is 3.55. The van der Waals surface area contributed by atoms with Crippen LogP contribution in [-0.4, -0.2) is 57.3 Å². The first kappa shape index (κ1) is 33.1. The van der Waals surface area contributed by atoms with Crippen LogP contribution in [0.25, 0.3) is 23.0 Å². The minimum atomic E-state index is -3.68. The molecule has 0 bridgehead atoms. The van der Waals surface area contributed by atoms with Gasteiger partial charge in [0.2, 0.25) is 10.0 Å². The van der Waals surface area contributed by atoms with Crippen molar-refractivity contribution in [1.82, 2.24) is 19.0 Å². The molecule has 0 aliphatic carbocycles. The molecule has 1 amide bonds. The van der Waals surface area contributed by atoms with E-state index >= 15 is 0 Å². The molecule has 0 atom stereocenters. The van der Waals surface area contributed by atoms with Crippen molar-refractivity contribution in [2.24, 2.45) is 0 Å². The molecule has 0 spiro atoms. The lowest BCUT2D eigenvalue weighted by molar-refractivity contribution is -0.122. The van der Waals surface area contributed by atoms with E-state index < -0.39 is 10.0 Å². The van der Waals surface area contributed by atoms with Crippen LogP contribution in [0.15, 0.2) is 70.6 Å². The highest BCUT2D eigenvalue weighted by atomic mass is 32.2. The van der Waals surface area contributed by atoms with Crippen LogP contribution in [0.2, 0.25) is 0 Å². The Hall–Kier alpha value is -2.79. The lowest BCUT2D eigenvalue weighted by Gasteiger charge is -2.21. The van der Waals surface area contributed by atoms with Gasteiger partial charge in [0.1, 0.15) is 10.0 Å². The number of thiocarbonyl (C=S) groups is 1. The van der Waals surface area contributed by atoms with E-state index in [0.29, 0.717) is 40.1 Å². The quantitative estimate of drug-likeness (QED) is 0.0902. The van der Waals surface area contributed by atoms with E-state index in [4.69, 9.17) is 17.3 Å². The molecular formula is C33H42N4O3S3. The highest BCUT2D eigenvalue weighted by molar-refractivity contribution is 8.26. The van der Waals surface area contributed by atoms with Crippen molar-refractivity contribution in [3.05, 3.63) is 71.3 Å². The zero-order valence-corrected chi connectivity index (χ0v) is 27.8. The average molecular weight is 639 g/mol. The van der Waals surface area contributed by atoms with E-state index in [2.05, 4.69) is 6.92 Å². The topological polar surface area (TPSA) is 75.5 Å². The Bertz CT molecular complexity index is 1530. The number of rotatable bonds is 16. The number of thioether (sulfide) groups is 1. The van der Waals surface area contributed by atoms with E-state index in [-0.39, 0.29) is 10.8 Å². The predicted octanol–water partition coefficient (Wildman–Crippen LogP) is 7.91. The Morgan fingerprint density at radius 1 is 0.907 bits per heavy atom. The van der Waals surface area contributed by atoms with Crippen LogP contribution >= 0.6 is 24.0 Å². The van der Waals surface area contributed by atoms with Crippen molar-refractivity contribution in [1.29, 1.82) is 0 Å². The maximum atomic E-state index is 13.6. The molecule has 4 rings (SSSR count). The van der Waals surface area contributed by atoms with Gasteiger partial charge in [-0.15, -0.1) is 0 Å². The van der Waals surface area contributed by atoms with Gasteiger partial charge in [0, 0.05) is 37.0 Å². The molecule has 0 N–H and O–H groups in total. The summed E-state index contributed by atoms with van der Waals surface area (Å²) in [6.45, 7) is 7.72. The van der Waals surface area contributed by atoms with Crippen LogP contribution in [0.5, 0.6) is 0 Å². The largest absolute Gasteiger partial charge is 0.293 e. The molecule has 3 aromatic rings. The Morgan fingerprint density at radius 2 is 1.60 bits per heavy atom. The number of hydrogen-bond donors (Lipinski definition) is 0. The smallest absolute Gasteiger partial charge is 0.266 e. The summed E-state index contributed by atoms with van der Waals surface area (Å²) >= 11 is 6.91. The van der Waals surface area contributed by atoms with Gasteiger partial charge in [0.15, 0.2) is 0 Å². The van der Waals surface area contributed by atoms with Crippen LogP contribution in [0.1, 0.15) is 77.7 Å². The van der Waals surface area contributed by atoms with Gasteiger partial charge < -0.3 is 0 Å². The molecule has 43 heavy (non-hydrogen) atoms. The second-order valence-corrected chi connectivity index (χ2v) is 14.4. The fourth-order valence-corrected chi connectivity index (χ4v) is 8.09. The van der Waals surface area contributed by atoms with E-state index in [1.165, 1.54) is 37.4 Å². The van der Waals surface area contributed by atoms with Crippen molar-refractivity contribution in [2.45, 2.75) is 77.0 Å². The first-order valence-electron chi connectivity index (χ1n) is 15.3. The third-order valence-corrected chi connectivity index (χ3v) is 10.6. The molecule has 1 aromatic heterocycles. The third kappa shape index (κ3) is 8.23. The number of amides is 1. The van der Waals surface area contributed by atoms with Gasteiger partial charge in [-0.05, 0) is 49.6 Å². The number of aromatic nitrogens is 2. The number of carbonyl (C=O) groups is 1. The van der Waals surface area contributed by atoms with Crippen LogP contribution in [0.3, 0.4) is 0 Å². The number of sulfonamides is 1. The second kappa shape index (κ2) is 15.8. The molecule has 2 heterocycles. The third-order valence-electron chi connectivity index (χ3n) is 7.35. The monoisotopic (exact) mass is 638 g/mol.